The van der Waals surface area contributed by atoms with E-state index in [0.29, 0.717) is 17.9 Å². The van der Waals surface area contributed by atoms with Gasteiger partial charge >= 0.3 is 0 Å². The summed E-state index contributed by atoms with van der Waals surface area (Å²) < 4.78 is 6.54. The fraction of sp³-hybridized carbons (Fsp3) is 0.514. The minimum absolute atomic E-state index is 0.360. The van der Waals surface area contributed by atoms with Gasteiger partial charge in [-0.05, 0) is 97.4 Å². The largest absolute Gasteiger partial charge is 0.489 e. The monoisotopic (exact) mass is 512 g/mol. The summed E-state index contributed by atoms with van der Waals surface area (Å²) in [4.78, 5) is 7.87. The summed E-state index contributed by atoms with van der Waals surface area (Å²) in [7, 11) is 0. The predicted molar refractivity (Wildman–Crippen MR) is 161 cm³/mol. The van der Waals surface area contributed by atoms with Crippen LogP contribution in [0.3, 0.4) is 0 Å². The van der Waals surface area contributed by atoms with Gasteiger partial charge in [0.05, 0.1) is 5.69 Å². The molecule has 38 heavy (non-hydrogen) atoms. The lowest BCUT2D eigenvalue weighted by atomic mass is 9.84. The highest BCUT2D eigenvalue weighted by molar-refractivity contribution is 5.69. The topological polar surface area (TPSA) is 25.4 Å². The molecule has 0 aliphatic carbocycles. The Balaban J connectivity index is 1.75. The molecule has 1 aliphatic heterocycles. The van der Waals surface area contributed by atoms with Crippen LogP contribution in [0.5, 0.6) is 5.75 Å². The number of benzene rings is 2. The Morgan fingerprint density at radius 1 is 0.974 bits per heavy atom. The Hall–Kier alpha value is -2.65. The van der Waals surface area contributed by atoms with Gasteiger partial charge in [-0.2, -0.15) is 0 Å². The summed E-state index contributed by atoms with van der Waals surface area (Å²) in [5, 5.41) is 0. The summed E-state index contributed by atoms with van der Waals surface area (Å²) in [5.41, 5.74) is 11.7. The van der Waals surface area contributed by atoms with Crippen LogP contribution in [0.25, 0.3) is 11.3 Å². The first kappa shape index (κ1) is 28.4. The van der Waals surface area contributed by atoms with Crippen LogP contribution in [0.2, 0.25) is 0 Å². The van der Waals surface area contributed by atoms with Crippen molar-refractivity contribution in [3.8, 4) is 17.0 Å². The molecule has 1 aromatic heterocycles. The summed E-state index contributed by atoms with van der Waals surface area (Å²) in [5.74, 6) is 1.46. The molecule has 0 saturated carbocycles. The number of ether oxygens (including phenoxy) is 1. The van der Waals surface area contributed by atoms with Gasteiger partial charge in [0.15, 0.2) is 0 Å². The highest BCUT2D eigenvalue weighted by atomic mass is 16.5. The van der Waals surface area contributed by atoms with E-state index in [1.165, 1.54) is 51.8 Å². The minimum atomic E-state index is 0.360. The molecule has 3 heteroatoms. The third kappa shape index (κ3) is 6.49. The van der Waals surface area contributed by atoms with E-state index >= 15 is 0 Å². The number of aryl methyl sites for hydroxylation is 4. The van der Waals surface area contributed by atoms with E-state index in [1.54, 1.807) is 0 Å². The Morgan fingerprint density at radius 2 is 1.68 bits per heavy atom. The van der Waals surface area contributed by atoms with E-state index in [-0.39, 0.29) is 0 Å². The quantitative estimate of drug-likeness (QED) is 0.286. The number of rotatable bonds is 9. The molecule has 0 bridgehead atoms. The van der Waals surface area contributed by atoms with Crippen LogP contribution in [-0.4, -0.2) is 23.0 Å². The van der Waals surface area contributed by atoms with Gasteiger partial charge in [0.1, 0.15) is 12.4 Å². The van der Waals surface area contributed by atoms with Crippen molar-refractivity contribution in [3.63, 3.8) is 0 Å². The molecular formula is C35H48N2O. The molecule has 2 aromatic carbocycles. The fourth-order valence-electron chi connectivity index (χ4n) is 6.00. The van der Waals surface area contributed by atoms with Gasteiger partial charge in [0.2, 0.25) is 0 Å². The molecule has 2 heterocycles. The maximum Gasteiger partial charge on any atom is 0.123 e. The minimum Gasteiger partial charge on any atom is -0.489 e. The van der Waals surface area contributed by atoms with Crippen molar-refractivity contribution >= 4 is 0 Å². The van der Waals surface area contributed by atoms with Crippen molar-refractivity contribution in [1.29, 1.82) is 0 Å². The smallest absolute Gasteiger partial charge is 0.123 e. The number of aromatic nitrogens is 1. The van der Waals surface area contributed by atoms with Gasteiger partial charge in [0.25, 0.3) is 0 Å². The molecule has 1 saturated heterocycles. The second-order valence-electron chi connectivity index (χ2n) is 12.3. The van der Waals surface area contributed by atoms with E-state index in [2.05, 4.69) is 103 Å². The SMILES string of the molecule is CCc1cccc(CC)c1-c1cc(CN2CCCC(C)(C)C2)c(COc2cc(C(C)C)ccc2C)c(C)n1. The second kappa shape index (κ2) is 12.0. The lowest BCUT2D eigenvalue weighted by Crippen LogP contribution is -2.39. The number of nitrogens with zero attached hydrogens (tertiary/aromatic N) is 2. The lowest BCUT2D eigenvalue weighted by Gasteiger charge is -2.38. The zero-order valence-electron chi connectivity index (χ0n) is 25.1. The van der Waals surface area contributed by atoms with E-state index in [1.807, 2.05) is 0 Å². The highest BCUT2D eigenvalue weighted by Crippen LogP contribution is 2.34. The molecule has 0 amide bonds. The number of hydrogen-bond acceptors (Lipinski definition) is 3. The number of hydrogen-bond donors (Lipinski definition) is 0. The maximum absolute atomic E-state index is 6.54. The molecule has 3 nitrogen and oxygen atoms in total. The average Bonchev–Trinajstić information content (AvgIpc) is 2.87. The third-order valence-corrected chi connectivity index (χ3v) is 8.30. The number of pyridine rings is 1. The third-order valence-electron chi connectivity index (χ3n) is 8.30. The molecule has 0 unspecified atom stereocenters. The number of piperidine rings is 1. The Kier molecular flexibility index (Phi) is 8.98. The average molecular weight is 513 g/mol. The first-order chi connectivity index (χ1) is 18.1. The second-order valence-corrected chi connectivity index (χ2v) is 12.3. The Labute approximate surface area is 231 Å². The van der Waals surface area contributed by atoms with Crippen LogP contribution < -0.4 is 4.74 Å². The van der Waals surface area contributed by atoms with Crippen LogP contribution in [-0.2, 0) is 26.0 Å². The first-order valence-corrected chi connectivity index (χ1v) is 14.7. The highest BCUT2D eigenvalue weighted by Gasteiger charge is 2.27. The number of likely N-dealkylation sites (tertiary alicyclic amines) is 1. The summed E-state index contributed by atoms with van der Waals surface area (Å²) >= 11 is 0. The van der Waals surface area contributed by atoms with E-state index < -0.39 is 0 Å². The lowest BCUT2D eigenvalue weighted by molar-refractivity contribution is 0.111. The molecule has 0 radical (unpaired) electrons. The van der Waals surface area contributed by atoms with Crippen molar-refractivity contribution in [3.05, 3.63) is 81.5 Å². The molecule has 0 atom stereocenters. The van der Waals surface area contributed by atoms with Crippen molar-refractivity contribution in [2.45, 2.75) is 100 Å². The molecule has 0 N–H and O–H groups in total. The van der Waals surface area contributed by atoms with Gasteiger partial charge in [-0.1, -0.05) is 71.9 Å². The van der Waals surface area contributed by atoms with Crippen LogP contribution in [0, 0.1) is 19.3 Å². The zero-order valence-corrected chi connectivity index (χ0v) is 25.1. The van der Waals surface area contributed by atoms with Crippen molar-refractivity contribution < 1.29 is 4.74 Å². The van der Waals surface area contributed by atoms with Crippen LogP contribution in [0.15, 0.2) is 42.5 Å². The molecular weight excluding hydrogens is 464 g/mol. The first-order valence-electron chi connectivity index (χ1n) is 14.7. The van der Waals surface area contributed by atoms with Crippen LogP contribution in [0.1, 0.15) is 99.4 Å². The van der Waals surface area contributed by atoms with Gasteiger partial charge in [0, 0.05) is 29.9 Å². The normalized spacial score (nSPS) is 15.7. The molecule has 4 rings (SSSR count). The molecule has 3 aromatic rings. The van der Waals surface area contributed by atoms with Crippen molar-refractivity contribution in [2.75, 3.05) is 13.1 Å². The van der Waals surface area contributed by atoms with E-state index in [0.717, 1.165) is 49.6 Å². The van der Waals surface area contributed by atoms with Gasteiger partial charge in [-0.25, -0.2) is 0 Å². The predicted octanol–water partition coefficient (Wildman–Crippen LogP) is 8.81. The summed E-state index contributed by atoms with van der Waals surface area (Å²) in [6.45, 7) is 21.9. The Morgan fingerprint density at radius 3 is 2.32 bits per heavy atom. The summed E-state index contributed by atoms with van der Waals surface area (Å²) in [6, 6.07) is 15.7. The molecule has 204 valence electrons. The Bertz CT molecular complexity index is 1230. The van der Waals surface area contributed by atoms with Crippen LogP contribution >= 0.6 is 0 Å². The van der Waals surface area contributed by atoms with Crippen LogP contribution in [0.4, 0.5) is 0 Å². The fourth-order valence-corrected chi connectivity index (χ4v) is 6.00. The molecule has 1 fully saturated rings. The van der Waals surface area contributed by atoms with Crippen molar-refractivity contribution in [1.82, 2.24) is 9.88 Å². The van der Waals surface area contributed by atoms with E-state index in [9.17, 15) is 0 Å². The maximum atomic E-state index is 6.54. The van der Waals surface area contributed by atoms with E-state index in [4.69, 9.17) is 9.72 Å². The molecule has 1 aliphatic rings. The van der Waals surface area contributed by atoms with Gasteiger partial charge < -0.3 is 4.74 Å². The standard InChI is InChI=1S/C35H48N2O/c1-9-27-13-11-14-28(10-2)34(27)32-19-30(21-37-18-12-17-35(7,8)23-37)31(26(6)36-32)22-38-33-20-29(24(3)4)16-15-25(33)5/h11,13-16,19-20,24H,9-10,12,17-18,21-23H2,1-8H3. The summed E-state index contributed by atoms with van der Waals surface area (Å²) in [6.07, 6.45) is 4.58. The zero-order chi connectivity index (χ0) is 27.4. The molecule has 0 spiro atoms. The van der Waals surface area contributed by atoms with Gasteiger partial charge in [-0.3, -0.25) is 9.88 Å². The van der Waals surface area contributed by atoms with Crippen molar-refractivity contribution in [2.24, 2.45) is 5.41 Å². The van der Waals surface area contributed by atoms with Gasteiger partial charge in [-0.15, -0.1) is 0 Å².